The number of rotatable bonds is 7. The van der Waals surface area contributed by atoms with E-state index in [4.69, 9.17) is 0 Å². The smallest absolute Gasteiger partial charge is 0.280 e. The van der Waals surface area contributed by atoms with Crippen molar-refractivity contribution in [3.05, 3.63) is 74.8 Å². The molecule has 0 spiro atoms. The summed E-state index contributed by atoms with van der Waals surface area (Å²) in [6.07, 6.45) is 3.40. The van der Waals surface area contributed by atoms with Gasteiger partial charge in [0, 0.05) is 6.07 Å². The number of nitro benzene ring substituents is 1. The average Bonchev–Trinajstić information content (AvgIpc) is 2.55. The van der Waals surface area contributed by atoms with E-state index in [1.807, 2.05) is 25.1 Å². The van der Waals surface area contributed by atoms with Gasteiger partial charge in [-0.25, -0.2) is 0 Å². The van der Waals surface area contributed by atoms with E-state index in [2.05, 4.69) is 12.1 Å². The van der Waals surface area contributed by atoms with Crippen molar-refractivity contribution < 1.29 is 9.72 Å². The van der Waals surface area contributed by atoms with Crippen molar-refractivity contribution in [1.29, 1.82) is 0 Å². The van der Waals surface area contributed by atoms with Crippen LogP contribution in [0.25, 0.3) is 0 Å². The van der Waals surface area contributed by atoms with E-state index in [1.54, 1.807) is 12.1 Å². The van der Waals surface area contributed by atoms with Gasteiger partial charge in [-0.1, -0.05) is 37.3 Å². The highest BCUT2D eigenvalue weighted by Crippen LogP contribution is 2.26. The lowest BCUT2D eigenvalue weighted by molar-refractivity contribution is -0.385. The summed E-state index contributed by atoms with van der Waals surface area (Å²) in [7, 11) is 0. The predicted octanol–water partition coefficient (Wildman–Crippen LogP) is 4.54. The largest absolute Gasteiger partial charge is 0.294 e. The molecule has 2 rings (SSSR count). The highest BCUT2D eigenvalue weighted by molar-refractivity contribution is 5.98. The molecule has 0 aliphatic carbocycles. The first-order valence-corrected chi connectivity index (χ1v) is 7.88. The summed E-state index contributed by atoms with van der Waals surface area (Å²) < 4.78 is 0. The Balaban J connectivity index is 2.21. The summed E-state index contributed by atoms with van der Waals surface area (Å²) in [4.78, 5) is 22.4. The van der Waals surface area contributed by atoms with Gasteiger partial charge in [0.1, 0.15) is 0 Å². The Morgan fingerprint density at radius 1 is 1.09 bits per heavy atom. The van der Waals surface area contributed by atoms with Crippen LogP contribution in [0.4, 0.5) is 5.69 Å². The van der Waals surface area contributed by atoms with Crippen LogP contribution in [0.15, 0.2) is 42.5 Å². The Morgan fingerprint density at radius 3 is 2.35 bits per heavy atom. The maximum absolute atomic E-state index is 11.6. The number of aryl methyl sites for hydroxylation is 3. The Hall–Kier alpha value is -2.49. The summed E-state index contributed by atoms with van der Waals surface area (Å²) in [6, 6.07) is 13.5. The van der Waals surface area contributed by atoms with Gasteiger partial charge in [-0.2, -0.15) is 0 Å². The normalized spacial score (nSPS) is 10.5. The molecule has 0 fully saturated rings. The van der Waals surface area contributed by atoms with Crippen LogP contribution in [-0.2, 0) is 19.3 Å². The number of nitro groups is 1. The van der Waals surface area contributed by atoms with Gasteiger partial charge in [-0.3, -0.25) is 14.9 Å². The van der Waals surface area contributed by atoms with Crippen molar-refractivity contribution >= 4 is 11.5 Å². The third-order valence-electron chi connectivity index (χ3n) is 4.03. The van der Waals surface area contributed by atoms with Crippen LogP contribution >= 0.6 is 0 Å². The van der Waals surface area contributed by atoms with E-state index < -0.39 is 4.92 Å². The number of nitrogens with zero attached hydrogens (tertiary/aromatic N) is 1. The molecule has 0 aromatic heterocycles. The first kappa shape index (κ1) is 16.9. The van der Waals surface area contributed by atoms with Crippen molar-refractivity contribution in [3.8, 4) is 0 Å². The minimum atomic E-state index is -0.461. The molecule has 4 heteroatoms. The van der Waals surface area contributed by atoms with Crippen molar-refractivity contribution in [2.24, 2.45) is 0 Å². The molecule has 2 aromatic rings. The molecule has 0 saturated carbocycles. The molecular weight excluding hydrogens is 290 g/mol. The van der Waals surface area contributed by atoms with Crippen LogP contribution in [-0.4, -0.2) is 10.7 Å². The molecule has 2 aromatic carbocycles. The van der Waals surface area contributed by atoms with Gasteiger partial charge in [-0.15, -0.1) is 0 Å². The van der Waals surface area contributed by atoms with Crippen LogP contribution in [0.3, 0.4) is 0 Å². The van der Waals surface area contributed by atoms with E-state index in [0.717, 1.165) is 36.8 Å². The van der Waals surface area contributed by atoms with Crippen molar-refractivity contribution in [2.75, 3.05) is 0 Å². The first-order chi connectivity index (χ1) is 11.0. The molecule has 0 N–H and O–H groups in total. The summed E-state index contributed by atoms with van der Waals surface area (Å²) in [5, 5.41) is 11.2. The van der Waals surface area contributed by atoms with Crippen molar-refractivity contribution in [1.82, 2.24) is 0 Å². The molecule has 23 heavy (non-hydrogen) atoms. The van der Waals surface area contributed by atoms with E-state index in [0.29, 0.717) is 0 Å². The SMILES string of the molecule is CCc1cc(C(C)=O)c([N+](=O)[O-])cc1CCCc1ccccc1. The molecule has 0 radical (unpaired) electrons. The first-order valence-electron chi connectivity index (χ1n) is 7.88. The average molecular weight is 311 g/mol. The van der Waals surface area contributed by atoms with E-state index in [9.17, 15) is 14.9 Å². The minimum Gasteiger partial charge on any atom is -0.294 e. The lowest BCUT2D eigenvalue weighted by Crippen LogP contribution is -2.05. The fourth-order valence-corrected chi connectivity index (χ4v) is 2.80. The summed E-state index contributed by atoms with van der Waals surface area (Å²) in [6.45, 7) is 3.38. The third-order valence-corrected chi connectivity index (χ3v) is 4.03. The quantitative estimate of drug-likeness (QED) is 0.428. The number of carbonyl (C=O) groups excluding carboxylic acids is 1. The zero-order chi connectivity index (χ0) is 16.8. The third kappa shape index (κ3) is 4.25. The molecule has 0 heterocycles. The summed E-state index contributed by atoms with van der Waals surface area (Å²) in [5.74, 6) is -0.262. The number of ketones is 1. The number of hydrogen-bond acceptors (Lipinski definition) is 3. The van der Waals surface area contributed by atoms with Crippen LogP contribution in [0.2, 0.25) is 0 Å². The van der Waals surface area contributed by atoms with Gasteiger partial charge in [-0.05, 0) is 55.4 Å². The second-order valence-corrected chi connectivity index (χ2v) is 5.64. The Labute approximate surface area is 136 Å². The predicted molar refractivity (Wildman–Crippen MR) is 90.9 cm³/mol. The molecule has 4 nitrogen and oxygen atoms in total. The molecule has 0 amide bonds. The van der Waals surface area contributed by atoms with Crippen LogP contribution in [0.5, 0.6) is 0 Å². The maximum Gasteiger partial charge on any atom is 0.280 e. The number of carbonyl (C=O) groups is 1. The van der Waals surface area contributed by atoms with Gasteiger partial charge in [0.2, 0.25) is 0 Å². The fourth-order valence-electron chi connectivity index (χ4n) is 2.80. The zero-order valence-electron chi connectivity index (χ0n) is 13.5. The highest BCUT2D eigenvalue weighted by atomic mass is 16.6. The lowest BCUT2D eigenvalue weighted by Gasteiger charge is -2.10. The fraction of sp³-hybridized carbons (Fsp3) is 0.316. The van der Waals surface area contributed by atoms with Gasteiger partial charge in [0.05, 0.1) is 10.5 Å². The standard InChI is InChI=1S/C19H21NO3/c1-3-16-12-18(14(2)21)19(20(22)23)13-17(16)11-7-10-15-8-5-4-6-9-15/h4-6,8-9,12-13H,3,7,10-11H2,1-2H3. The van der Waals surface area contributed by atoms with E-state index >= 15 is 0 Å². The van der Waals surface area contributed by atoms with Gasteiger partial charge < -0.3 is 0 Å². The second-order valence-electron chi connectivity index (χ2n) is 5.64. The Bertz CT molecular complexity index is 708. The number of Topliss-reactive ketones (excluding diaryl/α,β-unsaturated/α-hetero) is 1. The summed E-state index contributed by atoms with van der Waals surface area (Å²) >= 11 is 0. The van der Waals surface area contributed by atoms with Gasteiger partial charge in [0.25, 0.3) is 5.69 Å². The number of benzene rings is 2. The minimum absolute atomic E-state index is 0.0792. The molecular formula is C19H21NO3. The lowest BCUT2D eigenvalue weighted by atomic mass is 9.94. The van der Waals surface area contributed by atoms with Crippen molar-refractivity contribution in [3.63, 3.8) is 0 Å². The molecule has 0 unspecified atom stereocenters. The molecule has 0 saturated heterocycles. The molecule has 0 bridgehead atoms. The monoisotopic (exact) mass is 311 g/mol. The van der Waals surface area contributed by atoms with Crippen LogP contribution in [0, 0.1) is 10.1 Å². The van der Waals surface area contributed by atoms with Gasteiger partial charge in [0.15, 0.2) is 5.78 Å². The summed E-state index contributed by atoms with van der Waals surface area (Å²) in [5.41, 5.74) is 3.39. The van der Waals surface area contributed by atoms with Crippen LogP contribution < -0.4 is 0 Å². The van der Waals surface area contributed by atoms with E-state index in [-0.39, 0.29) is 17.0 Å². The zero-order valence-corrected chi connectivity index (χ0v) is 13.5. The molecule has 0 aliphatic rings. The maximum atomic E-state index is 11.6. The molecule has 0 aliphatic heterocycles. The Kier molecular flexibility index (Phi) is 5.63. The topological polar surface area (TPSA) is 60.2 Å². The Morgan fingerprint density at radius 2 is 1.78 bits per heavy atom. The van der Waals surface area contributed by atoms with Crippen LogP contribution in [0.1, 0.15) is 47.3 Å². The second kappa shape index (κ2) is 7.68. The number of hydrogen-bond donors (Lipinski definition) is 0. The van der Waals surface area contributed by atoms with Crippen molar-refractivity contribution in [2.45, 2.75) is 39.5 Å². The van der Waals surface area contributed by atoms with Gasteiger partial charge >= 0.3 is 0 Å². The molecule has 0 atom stereocenters. The highest BCUT2D eigenvalue weighted by Gasteiger charge is 2.20. The molecule has 120 valence electrons. The van der Waals surface area contributed by atoms with E-state index in [1.165, 1.54) is 12.5 Å².